The molecule has 0 saturated carbocycles. The maximum atomic E-state index is 8.75. The molecule has 0 fully saturated rings. The zero-order chi connectivity index (χ0) is 15.0. The molecule has 1 unspecified atom stereocenters. The van der Waals surface area contributed by atoms with Gasteiger partial charge in [-0.25, -0.2) is 0 Å². The van der Waals surface area contributed by atoms with Gasteiger partial charge in [-0.15, -0.1) is 0 Å². The fourth-order valence-electron chi connectivity index (χ4n) is 3.34. The molecule has 3 nitrogen and oxygen atoms in total. The van der Waals surface area contributed by atoms with Gasteiger partial charge in [0.1, 0.15) is 0 Å². The molecule has 0 bridgehead atoms. The van der Waals surface area contributed by atoms with Crippen LogP contribution in [0.2, 0.25) is 0 Å². The summed E-state index contributed by atoms with van der Waals surface area (Å²) >= 11 is 0. The van der Waals surface area contributed by atoms with Crippen molar-refractivity contribution in [2.45, 2.75) is 39.2 Å². The van der Waals surface area contributed by atoms with Crippen LogP contribution in [0, 0.1) is 16.7 Å². The molecule has 3 heteroatoms. The highest BCUT2D eigenvalue weighted by Gasteiger charge is 2.32. The SMILES string of the molecule is CC1(C)Cc2c(ccn2-c2ccc(CC#N)cc2)C(N)C1. The van der Waals surface area contributed by atoms with Gasteiger partial charge in [0.15, 0.2) is 0 Å². The van der Waals surface area contributed by atoms with E-state index in [-0.39, 0.29) is 11.5 Å². The highest BCUT2D eigenvalue weighted by atomic mass is 15.0. The lowest BCUT2D eigenvalue weighted by atomic mass is 9.74. The van der Waals surface area contributed by atoms with Crippen molar-refractivity contribution >= 4 is 0 Å². The van der Waals surface area contributed by atoms with Crippen molar-refractivity contribution in [1.82, 2.24) is 4.57 Å². The maximum absolute atomic E-state index is 8.75. The smallest absolute Gasteiger partial charge is 0.0669 e. The van der Waals surface area contributed by atoms with E-state index in [1.807, 2.05) is 12.1 Å². The summed E-state index contributed by atoms with van der Waals surface area (Å²) in [7, 11) is 0. The van der Waals surface area contributed by atoms with Gasteiger partial charge >= 0.3 is 0 Å². The van der Waals surface area contributed by atoms with Gasteiger partial charge in [-0.1, -0.05) is 26.0 Å². The molecule has 0 aliphatic heterocycles. The van der Waals surface area contributed by atoms with Crippen LogP contribution in [0.4, 0.5) is 0 Å². The van der Waals surface area contributed by atoms with Gasteiger partial charge in [0.2, 0.25) is 0 Å². The minimum atomic E-state index is 0.128. The number of hydrogen-bond acceptors (Lipinski definition) is 2. The summed E-state index contributed by atoms with van der Waals surface area (Å²) in [5, 5.41) is 8.75. The highest BCUT2D eigenvalue weighted by molar-refractivity contribution is 5.42. The molecule has 108 valence electrons. The number of nitrogens with two attached hydrogens (primary N) is 1. The molecule has 1 aliphatic rings. The second-order valence-corrected chi connectivity index (χ2v) is 6.74. The average Bonchev–Trinajstić information content (AvgIpc) is 2.82. The van der Waals surface area contributed by atoms with E-state index >= 15 is 0 Å². The quantitative estimate of drug-likeness (QED) is 0.914. The van der Waals surface area contributed by atoms with Crippen LogP contribution < -0.4 is 5.73 Å². The third-order valence-corrected chi connectivity index (χ3v) is 4.34. The molecule has 1 aliphatic carbocycles. The Kier molecular flexibility index (Phi) is 3.35. The largest absolute Gasteiger partial charge is 0.324 e. The summed E-state index contributed by atoms with van der Waals surface area (Å²) in [5.74, 6) is 0. The van der Waals surface area contributed by atoms with Crippen molar-refractivity contribution < 1.29 is 0 Å². The first-order valence-corrected chi connectivity index (χ1v) is 7.42. The molecule has 1 atom stereocenters. The number of fused-ring (bicyclic) bond motifs is 1. The summed E-state index contributed by atoms with van der Waals surface area (Å²) in [6, 6.07) is 12.7. The maximum Gasteiger partial charge on any atom is 0.0669 e. The molecular formula is C18H21N3. The highest BCUT2D eigenvalue weighted by Crippen LogP contribution is 2.40. The zero-order valence-corrected chi connectivity index (χ0v) is 12.6. The molecule has 21 heavy (non-hydrogen) atoms. The predicted octanol–water partition coefficient (Wildman–Crippen LogP) is 3.52. The van der Waals surface area contributed by atoms with Crippen molar-refractivity contribution in [3.05, 3.63) is 53.3 Å². The Labute approximate surface area is 126 Å². The van der Waals surface area contributed by atoms with E-state index in [4.69, 9.17) is 11.0 Å². The van der Waals surface area contributed by atoms with E-state index in [0.29, 0.717) is 6.42 Å². The Bertz CT molecular complexity index is 686. The van der Waals surface area contributed by atoms with E-state index in [1.54, 1.807) is 0 Å². The molecule has 0 amide bonds. The lowest BCUT2D eigenvalue weighted by Gasteiger charge is -2.34. The average molecular weight is 279 g/mol. The Balaban J connectivity index is 1.99. The summed E-state index contributed by atoms with van der Waals surface area (Å²) in [6.45, 7) is 4.56. The molecule has 1 aromatic carbocycles. The molecular weight excluding hydrogens is 258 g/mol. The van der Waals surface area contributed by atoms with Crippen molar-refractivity contribution in [1.29, 1.82) is 5.26 Å². The number of rotatable bonds is 2. The predicted molar refractivity (Wildman–Crippen MR) is 84.1 cm³/mol. The topological polar surface area (TPSA) is 54.7 Å². The molecule has 2 N–H and O–H groups in total. The van der Waals surface area contributed by atoms with Crippen LogP contribution in [0.1, 0.15) is 43.1 Å². The second kappa shape index (κ2) is 5.05. The summed E-state index contributed by atoms with van der Waals surface area (Å²) < 4.78 is 2.24. The van der Waals surface area contributed by atoms with E-state index < -0.39 is 0 Å². The van der Waals surface area contributed by atoms with E-state index in [2.05, 4.69) is 48.9 Å². The lowest BCUT2D eigenvalue weighted by Crippen LogP contribution is -2.30. The van der Waals surface area contributed by atoms with Gasteiger partial charge in [-0.3, -0.25) is 0 Å². The van der Waals surface area contributed by atoms with Crippen molar-refractivity contribution in [2.75, 3.05) is 0 Å². The van der Waals surface area contributed by atoms with Gasteiger partial charge in [0.25, 0.3) is 0 Å². The summed E-state index contributed by atoms with van der Waals surface area (Å²) in [6.07, 6.45) is 4.65. The zero-order valence-electron chi connectivity index (χ0n) is 12.6. The van der Waals surface area contributed by atoms with Crippen molar-refractivity contribution in [3.63, 3.8) is 0 Å². The van der Waals surface area contributed by atoms with Crippen molar-refractivity contribution in [2.24, 2.45) is 11.1 Å². The molecule has 0 saturated heterocycles. The normalized spacial score (nSPS) is 19.8. The van der Waals surface area contributed by atoms with Crippen LogP contribution in [-0.4, -0.2) is 4.57 Å². The second-order valence-electron chi connectivity index (χ2n) is 6.74. The van der Waals surface area contributed by atoms with Crippen LogP contribution in [0.25, 0.3) is 5.69 Å². The standard InChI is InChI=1S/C18H21N3/c1-18(2)11-16(20)15-8-10-21(17(15)12-18)14-5-3-13(4-6-14)7-9-19/h3-6,8,10,16H,7,11-12,20H2,1-2H3. The van der Waals surface area contributed by atoms with E-state index in [9.17, 15) is 0 Å². The Morgan fingerprint density at radius 2 is 2.00 bits per heavy atom. The summed E-state index contributed by atoms with van der Waals surface area (Å²) in [4.78, 5) is 0. The number of hydrogen-bond donors (Lipinski definition) is 1. The molecule has 1 heterocycles. The third-order valence-electron chi connectivity index (χ3n) is 4.34. The molecule has 3 rings (SSSR count). The van der Waals surface area contributed by atoms with Gasteiger partial charge in [-0.05, 0) is 47.6 Å². The minimum absolute atomic E-state index is 0.128. The number of aromatic nitrogens is 1. The van der Waals surface area contributed by atoms with E-state index in [0.717, 1.165) is 24.1 Å². The Morgan fingerprint density at radius 3 is 2.67 bits per heavy atom. The third kappa shape index (κ3) is 2.59. The first-order chi connectivity index (χ1) is 10.00. The number of nitriles is 1. The molecule has 2 aromatic rings. The lowest BCUT2D eigenvalue weighted by molar-refractivity contribution is 0.278. The molecule has 0 spiro atoms. The van der Waals surface area contributed by atoms with Crippen LogP contribution in [0.15, 0.2) is 36.5 Å². The fraction of sp³-hybridized carbons (Fsp3) is 0.389. The number of nitrogens with zero attached hydrogens (tertiary/aromatic N) is 2. The van der Waals surface area contributed by atoms with Gasteiger partial charge in [0.05, 0.1) is 12.5 Å². The van der Waals surface area contributed by atoms with Crippen LogP contribution >= 0.6 is 0 Å². The van der Waals surface area contributed by atoms with Crippen molar-refractivity contribution in [3.8, 4) is 11.8 Å². The van der Waals surface area contributed by atoms with Crippen LogP contribution in [0.3, 0.4) is 0 Å². The van der Waals surface area contributed by atoms with Gasteiger partial charge in [0, 0.05) is 23.6 Å². The first-order valence-electron chi connectivity index (χ1n) is 7.42. The Morgan fingerprint density at radius 1 is 1.29 bits per heavy atom. The van der Waals surface area contributed by atoms with Crippen LogP contribution in [-0.2, 0) is 12.8 Å². The minimum Gasteiger partial charge on any atom is -0.324 e. The van der Waals surface area contributed by atoms with Crippen LogP contribution in [0.5, 0.6) is 0 Å². The molecule has 0 radical (unpaired) electrons. The summed E-state index contributed by atoms with van der Waals surface area (Å²) in [5.41, 5.74) is 11.4. The van der Waals surface area contributed by atoms with E-state index in [1.165, 1.54) is 11.3 Å². The monoisotopic (exact) mass is 279 g/mol. The Hall–Kier alpha value is -2.05. The van der Waals surface area contributed by atoms with Gasteiger partial charge < -0.3 is 10.3 Å². The molecule has 1 aromatic heterocycles. The number of benzene rings is 1. The first kappa shape index (κ1) is 13.9. The van der Waals surface area contributed by atoms with Gasteiger partial charge in [-0.2, -0.15) is 5.26 Å². The fourth-order valence-corrected chi connectivity index (χ4v) is 3.34.